The molecule has 0 spiro atoms. The molecule has 2 aromatic carbocycles. The van der Waals surface area contributed by atoms with E-state index in [0.29, 0.717) is 6.61 Å². The number of piperazine rings is 1. The maximum absolute atomic E-state index is 12.6. The zero-order chi connectivity index (χ0) is 16.9. The van der Waals surface area contributed by atoms with Crippen molar-refractivity contribution in [2.45, 2.75) is 19.6 Å². The maximum atomic E-state index is 12.6. The second-order valence-corrected chi connectivity index (χ2v) is 6.82. The minimum absolute atomic E-state index is 0. The summed E-state index contributed by atoms with van der Waals surface area (Å²) in [6.45, 7) is 5.01. The number of ether oxygens (including phenoxy) is 1. The Hall–Kier alpha value is -1.56. The van der Waals surface area contributed by atoms with Gasteiger partial charge in [-0.05, 0) is 52.7 Å². The van der Waals surface area contributed by atoms with Crippen LogP contribution in [0.3, 0.4) is 0 Å². The van der Waals surface area contributed by atoms with E-state index in [4.69, 9.17) is 4.74 Å². The van der Waals surface area contributed by atoms with Gasteiger partial charge in [0.2, 0.25) is 0 Å². The number of carbonyl (C=O) groups excluding carboxylic acids is 1. The van der Waals surface area contributed by atoms with E-state index in [1.807, 2.05) is 53.4 Å². The third-order valence-electron chi connectivity index (χ3n) is 4.19. The highest BCUT2D eigenvalue weighted by Crippen LogP contribution is 2.24. The first-order valence-corrected chi connectivity index (χ1v) is 8.92. The molecule has 1 aliphatic rings. The van der Waals surface area contributed by atoms with Gasteiger partial charge in [0.1, 0.15) is 12.4 Å². The smallest absolute Gasteiger partial charge is 0.254 e. The summed E-state index contributed by atoms with van der Waals surface area (Å²) in [7, 11) is 0. The predicted molar refractivity (Wildman–Crippen MR) is 106 cm³/mol. The third kappa shape index (κ3) is 4.97. The van der Waals surface area contributed by atoms with Gasteiger partial charge in [0.15, 0.2) is 0 Å². The number of rotatable bonds is 4. The summed E-state index contributed by atoms with van der Waals surface area (Å²) in [4.78, 5) is 14.5. The van der Waals surface area contributed by atoms with Gasteiger partial charge in [-0.3, -0.25) is 4.79 Å². The van der Waals surface area contributed by atoms with Crippen LogP contribution in [0.15, 0.2) is 53.0 Å². The van der Waals surface area contributed by atoms with Gasteiger partial charge in [-0.25, -0.2) is 0 Å². The van der Waals surface area contributed by atoms with Crippen LogP contribution in [-0.2, 0) is 6.61 Å². The number of benzene rings is 2. The van der Waals surface area contributed by atoms with Crippen molar-refractivity contribution < 1.29 is 9.53 Å². The molecule has 3 rings (SSSR count). The predicted octanol–water partition coefficient (Wildman–Crippen LogP) is 3.88. The van der Waals surface area contributed by atoms with Crippen molar-refractivity contribution in [2.75, 3.05) is 19.6 Å². The van der Waals surface area contributed by atoms with E-state index in [9.17, 15) is 4.79 Å². The average Bonchev–Trinajstić information content (AvgIpc) is 2.61. The zero-order valence-electron chi connectivity index (χ0n) is 14.1. The topological polar surface area (TPSA) is 41.6 Å². The molecule has 1 fully saturated rings. The van der Waals surface area contributed by atoms with Crippen LogP contribution >= 0.6 is 28.3 Å². The molecule has 6 heteroatoms. The second kappa shape index (κ2) is 9.22. The number of halogens is 2. The van der Waals surface area contributed by atoms with E-state index in [0.717, 1.165) is 41.0 Å². The largest absolute Gasteiger partial charge is 0.488 e. The summed E-state index contributed by atoms with van der Waals surface area (Å²) in [5, 5.41) is 3.30. The summed E-state index contributed by atoms with van der Waals surface area (Å²) in [5.41, 5.74) is 1.77. The molecule has 1 N–H and O–H groups in total. The molecule has 1 atom stereocenters. The van der Waals surface area contributed by atoms with Gasteiger partial charge < -0.3 is 15.0 Å². The third-order valence-corrected chi connectivity index (χ3v) is 4.85. The molecule has 0 unspecified atom stereocenters. The lowest BCUT2D eigenvalue weighted by atomic mass is 10.1. The van der Waals surface area contributed by atoms with Crippen LogP contribution in [0, 0.1) is 0 Å². The van der Waals surface area contributed by atoms with Gasteiger partial charge in [-0.2, -0.15) is 0 Å². The Morgan fingerprint density at radius 2 is 1.96 bits per heavy atom. The molecule has 1 saturated heterocycles. The Bertz CT molecular complexity index is 709. The van der Waals surface area contributed by atoms with Crippen LogP contribution in [0.2, 0.25) is 0 Å². The molecule has 0 bridgehead atoms. The van der Waals surface area contributed by atoms with Crippen LogP contribution in [-0.4, -0.2) is 36.5 Å². The van der Waals surface area contributed by atoms with E-state index >= 15 is 0 Å². The Morgan fingerprint density at radius 1 is 1.24 bits per heavy atom. The van der Waals surface area contributed by atoms with Gasteiger partial charge in [-0.1, -0.05) is 24.3 Å². The number of carbonyl (C=O) groups is 1. The average molecular weight is 426 g/mol. The molecule has 0 aliphatic carbocycles. The number of amides is 1. The van der Waals surface area contributed by atoms with Crippen molar-refractivity contribution in [1.29, 1.82) is 0 Å². The summed E-state index contributed by atoms with van der Waals surface area (Å²) in [6, 6.07) is 15.7. The summed E-state index contributed by atoms with van der Waals surface area (Å²) < 4.78 is 6.74. The number of hydrogen-bond acceptors (Lipinski definition) is 3. The van der Waals surface area contributed by atoms with Crippen LogP contribution in [0.5, 0.6) is 5.75 Å². The SMILES string of the molecule is C[C@H]1CNCCN1C(=O)c1ccc(COc2ccccc2Br)cc1.Cl. The highest BCUT2D eigenvalue weighted by Gasteiger charge is 2.23. The quantitative estimate of drug-likeness (QED) is 0.808. The molecular weight excluding hydrogens is 404 g/mol. The zero-order valence-corrected chi connectivity index (χ0v) is 16.5. The van der Waals surface area contributed by atoms with Crippen molar-refractivity contribution in [3.63, 3.8) is 0 Å². The lowest BCUT2D eigenvalue weighted by Crippen LogP contribution is -2.52. The van der Waals surface area contributed by atoms with Crippen molar-refractivity contribution in [3.05, 3.63) is 64.1 Å². The molecule has 0 radical (unpaired) electrons. The molecule has 2 aromatic rings. The first-order valence-electron chi connectivity index (χ1n) is 8.13. The number of nitrogens with one attached hydrogen (secondary N) is 1. The molecule has 1 amide bonds. The highest BCUT2D eigenvalue weighted by atomic mass is 79.9. The summed E-state index contributed by atoms with van der Waals surface area (Å²) in [5.74, 6) is 0.912. The number of para-hydroxylation sites is 1. The highest BCUT2D eigenvalue weighted by molar-refractivity contribution is 9.10. The minimum Gasteiger partial charge on any atom is -0.488 e. The van der Waals surface area contributed by atoms with Crippen LogP contribution < -0.4 is 10.1 Å². The normalized spacial score (nSPS) is 16.9. The van der Waals surface area contributed by atoms with Gasteiger partial charge >= 0.3 is 0 Å². The first kappa shape index (κ1) is 19.8. The van der Waals surface area contributed by atoms with E-state index in [1.54, 1.807) is 0 Å². The molecular formula is C19H22BrClN2O2. The minimum atomic E-state index is 0. The molecule has 1 aliphatic heterocycles. The molecule has 1 heterocycles. The summed E-state index contributed by atoms with van der Waals surface area (Å²) in [6.07, 6.45) is 0. The lowest BCUT2D eigenvalue weighted by Gasteiger charge is -2.34. The fourth-order valence-electron chi connectivity index (χ4n) is 2.77. The lowest BCUT2D eigenvalue weighted by molar-refractivity contribution is 0.0655. The monoisotopic (exact) mass is 424 g/mol. The Labute approximate surface area is 163 Å². The Morgan fingerprint density at radius 3 is 2.64 bits per heavy atom. The van der Waals surface area contributed by atoms with Gasteiger partial charge in [0.05, 0.1) is 4.47 Å². The van der Waals surface area contributed by atoms with E-state index in [-0.39, 0.29) is 24.4 Å². The maximum Gasteiger partial charge on any atom is 0.254 e. The fraction of sp³-hybridized carbons (Fsp3) is 0.316. The fourth-order valence-corrected chi connectivity index (χ4v) is 3.17. The molecule has 0 aromatic heterocycles. The standard InChI is InChI=1S/C19H21BrN2O2.ClH/c1-14-12-21-10-11-22(14)19(23)16-8-6-15(7-9-16)13-24-18-5-3-2-4-17(18)20;/h2-9,14,21H,10-13H2,1H3;1H/t14-;/m0./s1. The van der Waals surface area contributed by atoms with Gasteiger partial charge in [-0.15, -0.1) is 12.4 Å². The van der Waals surface area contributed by atoms with Crippen molar-refractivity contribution in [1.82, 2.24) is 10.2 Å². The molecule has 0 saturated carbocycles. The van der Waals surface area contributed by atoms with E-state index in [2.05, 4.69) is 28.2 Å². The summed E-state index contributed by atoms with van der Waals surface area (Å²) >= 11 is 3.47. The molecule has 134 valence electrons. The van der Waals surface area contributed by atoms with Crippen molar-refractivity contribution in [3.8, 4) is 5.75 Å². The van der Waals surface area contributed by atoms with Crippen LogP contribution in [0.4, 0.5) is 0 Å². The van der Waals surface area contributed by atoms with E-state index in [1.165, 1.54) is 0 Å². The van der Waals surface area contributed by atoms with Gasteiger partial charge in [0.25, 0.3) is 5.91 Å². The van der Waals surface area contributed by atoms with Gasteiger partial charge in [0, 0.05) is 31.2 Å². The molecule has 25 heavy (non-hydrogen) atoms. The first-order chi connectivity index (χ1) is 11.6. The van der Waals surface area contributed by atoms with E-state index < -0.39 is 0 Å². The Balaban J connectivity index is 0.00000225. The number of nitrogens with zero attached hydrogens (tertiary/aromatic N) is 1. The second-order valence-electron chi connectivity index (χ2n) is 5.97. The Kier molecular flexibility index (Phi) is 7.29. The van der Waals surface area contributed by atoms with Crippen molar-refractivity contribution in [2.24, 2.45) is 0 Å². The molecule has 4 nitrogen and oxygen atoms in total. The number of hydrogen-bond donors (Lipinski definition) is 1. The van der Waals surface area contributed by atoms with Crippen LogP contribution in [0.25, 0.3) is 0 Å². The van der Waals surface area contributed by atoms with Crippen LogP contribution in [0.1, 0.15) is 22.8 Å². The van der Waals surface area contributed by atoms with Crippen molar-refractivity contribution >= 4 is 34.2 Å².